The van der Waals surface area contributed by atoms with Crippen molar-refractivity contribution in [2.24, 2.45) is 5.73 Å². The maximum Gasteiger partial charge on any atom is 0.259 e. The van der Waals surface area contributed by atoms with Crippen molar-refractivity contribution in [2.45, 2.75) is 43.9 Å². The summed E-state index contributed by atoms with van der Waals surface area (Å²) in [6.45, 7) is 3.35. The minimum atomic E-state index is -2.36. The van der Waals surface area contributed by atoms with Crippen LogP contribution >= 0.6 is 11.6 Å². The summed E-state index contributed by atoms with van der Waals surface area (Å²) >= 11 is 6.12. The van der Waals surface area contributed by atoms with E-state index in [2.05, 4.69) is 4.98 Å². The van der Waals surface area contributed by atoms with E-state index in [-0.39, 0.29) is 35.0 Å². The molecular formula is C19H19ClF2N2O2. The van der Waals surface area contributed by atoms with Crippen LogP contribution in [0.25, 0.3) is 0 Å². The molecular weight excluding hydrogens is 362 g/mol. The molecule has 0 aliphatic heterocycles. The van der Waals surface area contributed by atoms with Gasteiger partial charge in [0.2, 0.25) is 5.67 Å². The molecule has 3 N–H and O–H groups in total. The highest BCUT2D eigenvalue weighted by Gasteiger charge is 2.49. The lowest BCUT2D eigenvalue weighted by Gasteiger charge is -2.37. The first-order chi connectivity index (χ1) is 12.1. The number of benzene rings is 1. The Morgan fingerprint density at radius 2 is 2.04 bits per heavy atom. The second-order valence-electron chi connectivity index (χ2n) is 6.96. The van der Waals surface area contributed by atoms with Crippen molar-refractivity contribution in [3.05, 3.63) is 63.7 Å². The van der Waals surface area contributed by atoms with Gasteiger partial charge in [-0.3, -0.25) is 9.78 Å². The highest BCUT2D eigenvalue weighted by Crippen LogP contribution is 2.45. The lowest BCUT2D eigenvalue weighted by atomic mass is 9.75. The fourth-order valence-corrected chi connectivity index (χ4v) is 3.71. The van der Waals surface area contributed by atoms with Crippen LogP contribution in [0.4, 0.5) is 8.78 Å². The van der Waals surface area contributed by atoms with Gasteiger partial charge in [0.1, 0.15) is 11.4 Å². The number of pyridine rings is 1. The SMILES string of the molecule is C[C@@H](c1ccc2c(n1)C(C)(O)CCC2(F)C(N)=O)c1ccc(F)cc1Cl. The normalized spacial score (nSPS) is 26.2. The van der Waals surface area contributed by atoms with E-state index in [9.17, 15) is 14.3 Å². The molecule has 0 saturated heterocycles. The van der Waals surface area contributed by atoms with Crippen LogP contribution in [0.3, 0.4) is 0 Å². The lowest BCUT2D eigenvalue weighted by molar-refractivity contribution is -0.133. The first-order valence-corrected chi connectivity index (χ1v) is 8.62. The van der Waals surface area contributed by atoms with Gasteiger partial charge in [-0.15, -0.1) is 0 Å². The molecule has 0 radical (unpaired) electrons. The zero-order chi connectivity index (χ0) is 19.3. The molecule has 1 aromatic carbocycles. The highest BCUT2D eigenvalue weighted by molar-refractivity contribution is 6.31. The molecule has 0 bridgehead atoms. The van der Waals surface area contributed by atoms with Crippen LogP contribution in [0.1, 0.15) is 55.1 Å². The summed E-state index contributed by atoms with van der Waals surface area (Å²) in [6, 6.07) is 7.07. The zero-order valence-corrected chi connectivity index (χ0v) is 15.1. The van der Waals surface area contributed by atoms with E-state index in [4.69, 9.17) is 17.3 Å². The quantitative estimate of drug-likeness (QED) is 0.852. The number of nitrogens with two attached hydrogens (primary N) is 1. The van der Waals surface area contributed by atoms with Gasteiger partial charge in [-0.05, 0) is 43.5 Å². The fraction of sp³-hybridized carbons (Fsp3) is 0.368. The smallest absolute Gasteiger partial charge is 0.259 e. The number of hydrogen-bond acceptors (Lipinski definition) is 3. The Hall–Kier alpha value is -2.05. The Balaban J connectivity index is 2.11. The summed E-state index contributed by atoms with van der Waals surface area (Å²) in [4.78, 5) is 16.1. The van der Waals surface area contributed by atoms with Gasteiger partial charge in [0.15, 0.2) is 0 Å². The third kappa shape index (κ3) is 2.97. The van der Waals surface area contributed by atoms with Crippen LogP contribution in [-0.4, -0.2) is 16.0 Å². The third-order valence-electron chi connectivity index (χ3n) is 5.07. The van der Waals surface area contributed by atoms with Gasteiger partial charge in [0, 0.05) is 22.2 Å². The molecule has 138 valence electrons. The number of fused-ring (bicyclic) bond motifs is 1. The van der Waals surface area contributed by atoms with Crippen molar-refractivity contribution >= 4 is 17.5 Å². The van der Waals surface area contributed by atoms with E-state index in [1.165, 1.54) is 25.1 Å². The molecule has 0 spiro atoms. The molecule has 1 heterocycles. The maximum atomic E-state index is 15.1. The molecule has 2 unspecified atom stereocenters. The fourth-order valence-electron chi connectivity index (χ4n) is 3.38. The number of hydrogen-bond donors (Lipinski definition) is 2. The second kappa shape index (κ2) is 6.28. The molecule has 3 atom stereocenters. The van der Waals surface area contributed by atoms with Gasteiger partial charge in [0.05, 0.1) is 5.69 Å². The van der Waals surface area contributed by atoms with E-state index in [1.807, 2.05) is 6.92 Å². The minimum Gasteiger partial charge on any atom is -0.384 e. The van der Waals surface area contributed by atoms with Crippen LogP contribution in [-0.2, 0) is 16.1 Å². The van der Waals surface area contributed by atoms with Crippen LogP contribution in [0.2, 0.25) is 5.02 Å². The summed E-state index contributed by atoms with van der Waals surface area (Å²) in [6.07, 6.45) is -0.190. The number of aromatic nitrogens is 1. The number of nitrogens with zero attached hydrogens (tertiary/aromatic N) is 1. The number of carbonyl (C=O) groups excluding carboxylic acids is 1. The van der Waals surface area contributed by atoms with Crippen molar-refractivity contribution < 1.29 is 18.7 Å². The first kappa shape index (κ1) is 18.7. The predicted octanol–water partition coefficient (Wildman–Crippen LogP) is 3.68. The third-order valence-corrected chi connectivity index (χ3v) is 5.40. The number of aliphatic hydroxyl groups is 1. The lowest BCUT2D eigenvalue weighted by Crippen LogP contribution is -2.45. The van der Waals surface area contributed by atoms with Crippen molar-refractivity contribution in [3.8, 4) is 0 Å². The van der Waals surface area contributed by atoms with Crippen LogP contribution in [0.15, 0.2) is 30.3 Å². The molecule has 1 aliphatic rings. The summed E-state index contributed by atoms with van der Waals surface area (Å²) in [5, 5.41) is 10.9. The van der Waals surface area contributed by atoms with E-state index in [1.54, 1.807) is 12.1 Å². The Labute approximate surface area is 155 Å². The summed E-state index contributed by atoms with van der Waals surface area (Å²) in [5.74, 6) is -1.87. The predicted molar refractivity (Wildman–Crippen MR) is 93.9 cm³/mol. The van der Waals surface area contributed by atoms with E-state index >= 15 is 4.39 Å². The van der Waals surface area contributed by atoms with Crippen molar-refractivity contribution in [3.63, 3.8) is 0 Å². The molecule has 0 saturated carbocycles. The van der Waals surface area contributed by atoms with E-state index in [0.29, 0.717) is 11.3 Å². The Bertz CT molecular complexity index is 888. The molecule has 1 aromatic heterocycles. The van der Waals surface area contributed by atoms with Crippen molar-refractivity contribution in [1.82, 2.24) is 4.98 Å². The van der Waals surface area contributed by atoms with Gasteiger partial charge < -0.3 is 10.8 Å². The van der Waals surface area contributed by atoms with Crippen LogP contribution in [0.5, 0.6) is 0 Å². The summed E-state index contributed by atoms with van der Waals surface area (Å²) in [5.41, 5.74) is 2.75. The first-order valence-electron chi connectivity index (χ1n) is 8.24. The number of alkyl halides is 1. The number of primary amides is 1. The van der Waals surface area contributed by atoms with Crippen molar-refractivity contribution in [2.75, 3.05) is 0 Å². The van der Waals surface area contributed by atoms with Gasteiger partial charge in [-0.1, -0.05) is 30.7 Å². The second-order valence-corrected chi connectivity index (χ2v) is 7.37. The van der Waals surface area contributed by atoms with E-state index < -0.39 is 23.0 Å². The van der Waals surface area contributed by atoms with Gasteiger partial charge >= 0.3 is 0 Å². The Morgan fingerprint density at radius 3 is 2.65 bits per heavy atom. The molecule has 0 fully saturated rings. The Morgan fingerprint density at radius 1 is 1.35 bits per heavy atom. The molecule has 1 amide bonds. The topological polar surface area (TPSA) is 76.2 Å². The molecule has 2 aromatic rings. The minimum absolute atomic E-state index is 0.0117. The maximum absolute atomic E-state index is 15.1. The number of carbonyl (C=O) groups is 1. The standard InChI is InChI=1S/C19H19ClF2N2O2/c1-10(12-4-3-11(21)9-14(12)20)15-6-5-13-16(24-15)18(2,26)7-8-19(13,22)17(23)25/h3-6,9-10,26H,7-8H2,1-2H3,(H2,23,25)/t10-,18?,19?/m1/s1. The van der Waals surface area contributed by atoms with Crippen molar-refractivity contribution in [1.29, 1.82) is 0 Å². The molecule has 7 heteroatoms. The summed E-state index contributed by atoms with van der Waals surface area (Å²) < 4.78 is 28.4. The molecule has 1 aliphatic carbocycles. The molecule has 4 nitrogen and oxygen atoms in total. The average molecular weight is 381 g/mol. The average Bonchev–Trinajstić information content (AvgIpc) is 2.57. The Kier molecular flexibility index (Phi) is 4.53. The highest BCUT2D eigenvalue weighted by atomic mass is 35.5. The molecule has 26 heavy (non-hydrogen) atoms. The van der Waals surface area contributed by atoms with Crippen LogP contribution < -0.4 is 5.73 Å². The van der Waals surface area contributed by atoms with Gasteiger partial charge in [-0.2, -0.15) is 0 Å². The van der Waals surface area contributed by atoms with Crippen LogP contribution in [0, 0.1) is 5.82 Å². The number of halogens is 3. The van der Waals surface area contributed by atoms with Gasteiger partial charge in [0.25, 0.3) is 5.91 Å². The summed E-state index contributed by atoms with van der Waals surface area (Å²) in [7, 11) is 0. The number of rotatable bonds is 3. The van der Waals surface area contributed by atoms with Gasteiger partial charge in [-0.25, -0.2) is 8.78 Å². The monoisotopic (exact) mass is 380 g/mol. The van der Waals surface area contributed by atoms with E-state index in [0.717, 1.165) is 0 Å². The largest absolute Gasteiger partial charge is 0.384 e. The molecule has 3 rings (SSSR count). The number of amides is 1. The zero-order valence-electron chi connectivity index (χ0n) is 14.4.